The van der Waals surface area contributed by atoms with Gasteiger partial charge in [0.2, 0.25) is 0 Å². The van der Waals surface area contributed by atoms with Gasteiger partial charge in [0.1, 0.15) is 64.3 Å². The largest absolute Gasteiger partial charge is 0.288 e. The topological polar surface area (TPSA) is 17.1 Å². The van der Waals surface area contributed by atoms with Crippen LogP contribution in [-0.2, 0) is 10.9 Å². The highest BCUT2D eigenvalue weighted by Crippen LogP contribution is 2.36. The van der Waals surface area contributed by atoms with Gasteiger partial charge in [-0.1, -0.05) is 19.9 Å². The Labute approximate surface area is 428 Å². The van der Waals surface area contributed by atoms with Crippen molar-refractivity contribution < 1.29 is 96.6 Å². The number of hydrogen-bond acceptors (Lipinski definition) is 2. The summed E-state index contributed by atoms with van der Waals surface area (Å²) >= 11 is 1.61. The first-order chi connectivity index (χ1) is 36.6. The Hall–Kier alpha value is -7.48. The molecule has 0 fully saturated rings. The molecule has 404 valence electrons. The van der Waals surface area contributed by atoms with Gasteiger partial charge in [0.15, 0.2) is 89.9 Å². The summed E-state index contributed by atoms with van der Waals surface area (Å²) in [5.41, 5.74) is -13.2. The van der Waals surface area contributed by atoms with E-state index in [1.807, 2.05) is 30.3 Å². The predicted molar refractivity (Wildman–Crippen MR) is 244 cm³/mol. The van der Waals surface area contributed by atoms with E-state index in [0.29, 0.717) is 11.3 Å². The second-order valence-corrected chi connectivity index (χ2v) is 20.1. The van der Waals surface area contributed by atoms with Gasteiger partial charge in [-0.15, -0.1) is 33.2 Å². The van der Waals surface area contributed by atoms with Crippen LogP contribution in [0.25, 0.3) is 20.2 Å². The van der Waals surface area contributed by atoms with Crippen LogP contribution in [0.4, 0.5) is 96.6 Å². The molecule has 0 radical (unpaired) electrons. The van der Waals surface area contributed by atoms with E-state index in [4.69, 9.17) is 0 Å². The first-order valence-corrected chi connectivity index (χ1v) is 23.6. The fraction of sp³-hybridized carbons (Fsp3) is 0.0577. The predicted octanol–water partition coefficient (Wildman–Crippen LogP) is 13.8. The Morgan fingerprint density at radius 1 is 0.333 bits per heavy atom. The molecule has 0 bridgehead atoms. The maximum atomic E-state index is 15.4. The van der Waals surface area contributed by atoms with Crippen LogP contribution in [0.3, 0.4) is 0 Å². The maximum Gasteiger partial charge on any atom is 0.200 e. The van der Waals surface area contributed by atoms with Crippen molar-refractivity contribution >= 4 is 70.4 Å². The molecule has 0 spiro atoms. The Kier molecular flexibility index (Phi) is 15.3. The summed E-state index contributed by atoms with van der Waals surface area (Å²) in [7, 11) is -0.609. The molecule has 78 heavy (non-hydrogen) atoms. The second-order valence-electron chi connectivity index (χ2n) is 17.0. The first kappa shape index (κ1) is 56.7. The van der Waals surface area contributed by atoms with Crippen LogP contribution in [-0.4, -0.2) is 6.15 Å². The summed E-state index contributed by atoms with van der Waals surface area (Å²) in [5, 5.41) is 1.41. The van der Waals surface area contributed by atoms with E-state index >= 15 is 35.1 Å². The van der Waals surface area contributed by atoms with Gasteiger partial charge in [0, 0.05) is 26.2 Å². The molecule has 0 aliphatic rings. The van der Waals surface area contributed by atoms with E-state index in [1.165, 1.54) is 24.3 Å². The van der Waals surface area contributed by atoms with Gasteiger partial charge in [-0.25, -0.2) is 96.6 Å². The number of fused-ring (bicyclic) bond motifs is 2. The molecule has 0 amide bonds. The van der Waals surface area contributed by atoms with E-state index in [-0.39, 0.29) is 17.1 Å². The molecule has 9 aromatic rings. The summed E-state index contributed by atoms with van der Waals surface area (Å²) < 4.78 is 323. The quantitative estimate of drug-likeness (QED) is 0.0370. The van der Waals surface area contributed by atoms with Crippen LogP contribution in [0.1, 0.15) is 25.3 Å². The number of rotatable bonds is 8. The molecule has 8 aromatic carbocycles. The molecule has 1 nitrogen and oxygen atoms in total. The lowest BCUT2D eigenvalue weighted by Crippen LogP contribution is -2.81. The van der Waals surface area contributed by atoms with Crippen molar-refractivity contribution in [2.45, 2.75) is 34.5 Å². The third kappa shape index (κ3) is 8.98. The van der Waals surface area contributed by atoms with E-state index in [1.54, 1.807) is 35.6 Å². The smallest absolute Gasteiger partial charge is 0.200 e. The molecule has 1 aromatic heterocycles. The van der Waals surface area contributed by atoms with Crippen LogP contribution >= 0.6 is 11.3 Å². The lowest BCUT2D eigenvalue weighted by Gasteiger charge is -2.44. The molecule has 0 N–H and O–H groups in total. The molecule has 0 aliphatic heterocycles. The summed E-state index contributed by atoms with van der Waals surface area (Å²) in [6.07, 6.45) is -7.22. The third-order valence-electron chi connectivity index (χ3n) is 12.4. The lowest BCUT2D eigenvalue weighted by atomic mass is 9.12. The molecule has 0 saturated heterocycles. The number of benzene rings is 8. The Morgan fingerprint density at radius 3 is 0.885 bits per heavy atom. The van der Waals surface area contributed by atoms with Gasteiger partial charge in [0.25, 0.3) is 0 Å². The van der Waals surface area contributed by atoms with Crippen molar-refractivity contribution in [1.82, 2.24) is 0 Å². The average molecular weight is 1150 g/mol. The summed E-state index contributed by atoms with van der Waals surface area (Å²) in [4.78, 5) is 16.3. The summed E-state index contributed by atoms with van der Waals surface area (Å²) in [6.45, 7) is 4.23. The van der Waals surface area contributed by atoms with Gasteiger partial charge < -0.3 is 0 Å². The molecule has 0 unspecified atom stereocenters. The number of halogens is 22. The standard InChI is InChI=1S/C28H21F2OS2.C24BF20/c1-17(2)18-3-13-26-24(15-18)28(31)25-16-23(12-14-27(25)32-26)33(21-8-4-19(29)5-9-21)22-10-6-20(30)7-11-22;26-5-1(6(27)14(35)21(42)13(5)34)25(2-7(28)15(36)22(43)16(37)8(2)29,3-9(30)17(38)23(44)18(39)10(3)31)4-11(32)19(40)24(45)20(41)12(4)33/h3-17H,1-2H3;/q+1;-1. The minimum atomic E-state index is -7.22. The Balaban J connectivity index is 0.000000215. The van der Waals surface area contributed by atoms with Crippen LogP contribution in [0.15, 0.2) is 104 Å². The highest BCUT2D eigenvalue weighted by Gasteiger charge is 2.52. The van der Waals surface area contributed by atoms with Gasteiger partial charge in [0.05, 0.1) is 10.9 Å². The van der Waals surface area contributed by atoms with Gasteiger partial charge in [-0.05, 0) is 84.3 Å². The fourth-order valence-corrected chi connectivity index (χ4v) is 11.9. The zero-order chi connectivity index (χ0) is 57.5. The van der Waals surface area contributed by atoms with E-state index in [0.717, 1.165) is 35.0 Å². The first-order valence-electron chi connectivity index (χ1n) is 21.6. The van der Waals surface area contributed by atoms with E-state index in [9.17, 15) is 66.3 Å². The minimum Gasteiger partial charge on any atom is -0.288 e. The lowest BCUT2D eigenvalue weighted by molar-refractivity contribution is 0.378. The molecule has 26 heteroatoms. The van der Waals surface area contributed by atoms with Crippen LogP contribution in [0.2, 0.25) is 0 Å². The van der Waals surface area contributed by atoms with Gasteiger partial charge >= 0.3 is 0 Å². The highest BCUT2D eigenvalue weighted by atomic mass is 32.2. The molecule has 0 atom stereocenters. The van der Waals surface area contributed by atoms with Crippen LogP contribution < -0.4 is 27.3 Å². The zero-order valence-electron chi connectivity index (χ0n) is 38.3. The molecule has 1 heterocycles. The maximum absolute atomic E-state index is 15.4. The van der Waals surface area contributed by atoms with Crippen molar-refractivity contribution in [3.63, 3.8) is 0 Å². The monoisotopic (exact) mass is 1150 g/mol. The van der Waals surface area contributed by atoms with E-state index < -0.39 is 155 Å². The van der Waals surface area contributed by atoms with Crippen molar-refractivity contribution in [2.24, 2.45) is 0 Å². The van der Waals surface area contributed by atoms with Gasteiger partial charge in [-0.3, -0.25) is 4.79 Å². The SMILES string of the molecule is CC(C)c1ccc2sc3ccc([S+](c4ccc(F)cc4)c4ccc(F)cc4)cc3c(=O)c2c1.Fc1c(F)c(F)c([B-](c2c(F)c(F)c(F)c(F)c2F)(c2c(F)c(F)c(F)c(F)c2F)c2c(F)c(F)c(F)c(F)c2F)c(F)c1F. The second kappa shape index (κ2) is 21.1. The van der Waals surface area contributed by atoms with Crippen LogP contribution in [0, 0.1) is 128 Å². The molecule has 0 saturated carbocycles. The van der Waals surface area contributed by atoms with Crippen molar-refractivity contribution in [1.29, 1.82) is 0 Å². The average Bonchev–Trinajstić information content (AvgIpc) is 3.55. The normalized spacial score (nSPS) is 11.9. The van der Waals surface area contributed by atoms with Crippen molar-refractivity contribution in [3.8, 4) is 0 Å². The molecular formula is C52H21BF22OS2. The van der Waals surface area contributed by atoms with Crippen LogP contribution in [0.5, 0.6) is 0 Å². The Morgan fingerprint density at radius 2 is 0.590 bits per heavy atom. The molecular weight excluding hydrogens is 1130 g/mol. The highest BCUT2D eigenvalue weighted by molar-refractivity contribution is 7.97. The third-order valence-corrected chi connectivity index (χ3v) is 15.7. The summed E-state index contributed by atoms with van der Waals surface area (Å²) in [5.74, 6) is -71.7. The zero-order valence-corrected chi connectivity index (χ0v) is 39.9. The van der Waals surface area contributed by atoms with E-state index in [2.05, 4.69) is 19.9 Å². The van der Waals surface area contributed by atoms with Crippen molar-refractivity contribution in [2.75, 3.05) is 0 Å². The Bertz CT molecular complexity index is 3570. The van der Waals surface area contributed by atoms with Gasteiger partial charge in [-0.2, -0.15) is 0 Å². The number of hydrogen-bond donors (Lipinski definition) is 0. The van der Waals surface area contributed by atoms with Crippen molar-refractivity contribution in [3.05, 3.63) is 229 Å². The molecule has 0 aliphatic carbocycles. The minimum absolute atomic E-state index is 0.0184. The molecule has 9 rings (SSSR count). The fourth-order valence-electron chi connectivity index (χ4n) is 8.76. The summed E-state index contributed by atoms with van der Waals surface area (Å²) in [6, 6.07) is 24.8.